The second-order valence-corrected chi connectivity index (χ2v) is 9.62. The average molecular weight is 533 g/mol. The average Bonchev–Trinajstić information content (AvgIpc) is 2.82. The van der Waals surface area contributed by atoms with Crippen LogP contribution in [0.15, 0.2) is 41.8 Å². The van der Waals surface area contributed by atoms with E-state index in [1.165, 1.54) is 10.4 Å². The molecule has 0 saturated heterocycles. The van der Waals surface area contributed by atoms with E-state index in [1.54, 1.807) is 11.3 Å². The summed E-state index contributed by atoms with van der Waals surface area (Å²) >= 11 is 9.11. The Hall–Kier alpha value is 0.530. The molecule has 1 nitrogen and oxygen atoms in total. The van der Waals surface area contributed by atoms with Crippen LogP contribution in [0.25, 0.3) is 10.4 Å². The lowest BCUT2D eigenvalue weighted by atomic mass is 10.1. The molecular formula is C12H7BrI2OS. The fraction of sp³-hybridized carbons (Fsp3) is 0.0833. The Balaban J connectivity index is 2.34. The molecule has 0 N–H and O–H groups in total. The Bertz CT molecular complexity index is 520. The number of hydrogen-bond donors (Lipinski definition) is 0. The lowest BCUT2D eigenvalue weighted by Gasteiger charge is -2.16. The Labute approximate surface area is 139 Å². The summed E-state index contributed by atoms with van der Waals surface area (Å²) in [4.78, 5) is 12.8. The molecule has 0 aliphatic rings. The van der Waals surface area contributed by atoms with Gasteiger partial charge in [0, 0.05) is 27.5 Å². The first-order valence-electron chi connectivity index (χ1n) is 4.74. The van der Waals surface area contributed by atoms with Crippen LogP contribution in [0.1, 0.15) is 5.56 Å². The molecule has 5 heteroatoms. The zero-order valence-electron chi connectivity index (χ0n) is 8.49. The van der Waals surface area contributed by atoms with Gasteiger partial charge in [0.15, 0.2) is 2.33 Å². The van der Waals surface area contributed by atoms with Gasteiger partial charge in [-0.05, 0) is 22.6 Å². The van der Waals surface area contributed by atoms with Crippen molar-refractivity contribution < 1.29 is 4.79 Å². The highest BCUT2D eigenvalue weighted by Crippen LogP contribution is 2.42. The largest absolute Gasteiger partial charge is 0.285 e. The van der Waals surface area contributed by atoms with Gasteiger partial charge in [0.2, 0.25) is 3.79 Å². The highest BCUT2D eigenvalue weighted by Gasteiger charge is 2.32. The van der Waals surface area contributed by atoms with Crippen molar-refractivity contribution in [2.45, 2.75) is 2.33 Å². The fourth-order valence-corrected chi connectivity index (χ4v) is 3.07. The molecule has 88 valence electrons. The molecule has 0 amide bonds. The predicted molar refractivity (Wildman–Crippen MR) is 93.4 cm³/mol. The SMILES string of the molecule is O=C(I)C(Br)(I)c1ccc(-c2cccs2)cc1. The quantitative estimate of drug-likeness (QED) is 0.295. The first kappa shape index (κ1) is 14.0. The Morgan fingerprint density at radius 1 is 1.24 bits per heavy atom. The van der Waals surface area contributed by atoms with E-state index in [0.717, 1.165) is 5.56 Å². The minimum Gasteiger partial charge on any atom is -0.285 e. The highest BCUT2D eigenvalue weighted by atomic mass is 127. The first-order valence-corrected chi connectivity index (χ1v) is 8.57. The van der Waals surface area contributed by atoms with Crippen molar-refractivity contribution in [3.05, 3.63) is 47.3 Å². The number of hydrogen-bond acceptors (Lipinski definition) is 2. The summed E-state index contributed by atoms with van der Waals surface area (Å²) in [5.41, 5.74) is 2.15. The van der Waals surface area contributed by atoms with E-state index in [-0.39, 0.29) is 3.79 Å². The van der Waals surface area contributed by atoms with Crippen molar-refractivity contribution in [1.82, 2.24) is 0 Å². The minimum absolute atomic E-state index is 0.0690. The van der Waals surface area contributed by atoms with Gasteiger partial charge in [0.05, 0.1) is 0 Å². The van der Waals surface area contributed by atoms with Gasteiger partial charge < -0.3 is 0 Å². The van der Waals surface area contributed by atoms with Gasteiger partial charge >= 0.3 is 0 Å². The number of halogens is 3. The maximum absolute atomic E-state index is 11.5. The highest BCUT2D eigenvalue weighted by molar-refractivity contribution is 14.1. The predicted octanol–water partition coefficient (Wildman–Crippen LogP) is 5.36. The van der Waals surface area contributed by atoms with E-state index in [1.807, 2.05) is 40.8 Å². The van der Waals surface area contributed by atoms with Crippen molar-refractivity contribution in [3.63, 3.8) is 0 Å². The van der Waals surface area contributed by atoms with Crippen molar-refractivity contribution in [1.29, 1.82) is 0 Å². The topological polar surface area (TPSA) is 17.1 Å². The number of benzene rings is 1. The normalized spacial score (nSPS) is 14.3. The molecule has 17 heavy (non-hydrogen) atoms. The lowest BCUT2D eigenvalue weighted by molar-refractivity contribution is -0.109. The van der Waals surface area contributed by atoms with Gasteiger partial charge in [0.25, 0.3) is 0 Å². The summed E-state index contributed by atoms with van der Waals surface area (Å²) in [6.07, 6.45) is 0. The zero-order valence-corrected chi connectivity index (χ0v) is 15.2. The molecule has 2 rings (SSSR count). The molecule has 0 radical (unpaired) electrons. The van der Waals surface area contributed by atoms with Crippen LogP contribution in [0.3, 0.4) is 0 Å². The molecule has 1 unspecified atom stereocenters. The van der Waals surface area contributed by atoms with Crippen LogP contribution >= 0.6 is 72.4 Å². The second-order valence-electron chi connectivity index (χ2n) is 3.40. The van der Waals surface area contributed by atoms with Crippen LogP contribution in [-0.2, 0) is 7.13 Å². The van der Waals surface area contributed by atoms with Gasteiger partial charge in [-0.15, -0.1) is 11.3 Å². The maximum Gasteiger partial charge on any atom is 0.223 e. The van der Waals surface area contributed by atoms with Crippen LogP contribution in [0.2, 0.25) is 0 Å². The van der Waals surface area contributed by atoms with E-state index in [4.69, 9.17) is 0 Å². The summed E-state index contributed by atoms with van der Waals surface area (Å²) in [6, 6.07) is 12.2. The number of carbonyl (C=O) groups excluding carboxylic acids is 1. The minimum atomic E-state index is -0.626. The molecule has 1 aromatic heterocycles. The van der Waals surface area contributed by atoms with E-state index in [9.17, 15) is 4.79 Å². The summed E-state index contributed by atoms with van der Waals surface area (Å²) < 4.78 is -0.557. The monoisotopic (exact) mass is 532 g/mol. The maximum atomic E-state index is 11.5. The molecule has 0 fully saturated rings. The third-order valence-corrected chi connectivity index (χ3v) is 7.73. The molecule has 0 spiro atoms. The summed E-state index contributed by atoms with van der Waals surface area (Å²) in [5, 5.41) is 2.06. The van der Waals surface area contributed by atoms with Crippen LogP contribution in [0, 0.1) is 0 Å². The molecule has 1 atom stereocenters. The van der Waals surface area contributed by atoms with Gasteiger partial charge in [-0.25, -0.2) is 0 Å². The van der Waals surface area contributed by atoms with E-state index in [2.05, 4.69) is 62.1 Å². The second kappa shape index (κ2) is 5.66. The Kier molecular flexibility index (Phi) is 4.65. The van der Waals surface area contributed by atoms with Crippen LogP contribution in [-0.4, -0.2) is 3.79 Å². The van der Waals surface area contributed by atoms with E-state index >= 15 is 0 Å². The molecule has 0 saturated carbocycles. The molecule has 2 aromatic rings. The van der Waals surface area contributed by atoms with Crippen molar-refractivity contribution in [2.24, 2.45) is 0 Å². The third-order valence-electron chi connectivity index (χ3n) is 2.30. The molecule has 0 aliphatic heterocycles. The van der Waals surface area contributed by atoms with Crippen molar-refractivity contribution >= 4 is 76.2 Å². The van der Waals surface area contributed by atoms with Crippen LogP contribution in [0.4, 0.5) is 0 Å². The molecule has 0 bridgehead atoms. The standard InChI is InChI=1S/C12H7BrI2OS/c13-12(15,11(14)16)9-5-3-8(4-6-9)10-2-1-7-17-10/h1-7H. The Morgan fingerprint density at radius 2 is 1.88 bits per heavy atom. The zero-order chi connectivity index (χ0) is 12.5. The van der Waals surface area contributed by atoms with Gasteiger partial charge in [-0.2, -0.15) is 0 Å². The van der Waals surface area contributed by atoms with Crippen LogP contribution in [0.5, 0.6) is 0 Å². The molecule has 1 heterocycles. The Morgan fingerprint density at radius 3 is 2.35 bits per heavy atom. The summed E-state index contributed by atoms with van der Waals surface area (Å²) in [5.74, 6) is 0. The number of alkyl halides is 2. The van der Waals surface area contributed by atoms with Crippen LogP contribution < -0.4 is 0 Å². The fourth-order valence-electron chi connectivity index (χ4n) is 1.40. The van der Waals surface area contributed by atoms with E-state index in [0.29, 0.717) is 0 Å². The smallest absolute Gasteiger partial charge is 0.223 e. The number of rotatable bonds is 3. The van der Waals surface area contributed by atoms with Gasteiger partial charge in [0.1, 0.15) is 0 Å². The third kappa shape index (κ3) is 3.10. The number of thiophene rings is 1. The van der Waals surface area contributed by atoms with E-state index < -0.39 is 2.33 Å². The van der Waals surface area contributed by atoms with Crippen molar-refractivity contribution in [2.75, 3.05) is 0 Å². The van der Waals surface area contributed by atoms with Crippen molar-refractivity contribution in [3.8, 4) is 10.4 Å². The van der Waals surface area contributed by atoms with Gasteiger partial charge in [-0.1, -0.05) is 68.9 Å². The summed E-state index contributed by atoms with van der Waals surface area (Å²) in [6.45, 7) is 0. The first-order chi connectivity index (χ1) is 8.01. The summed E-state index contributed by atoms with van der Waals surface area (Å²) in [7, 11) is 0. The molecule has 0 aliphatic carbocycles. The lowest BCUT2D eigenvalue weighted by Crippen LogP contribution is -2.16. The van der Waals surface area contributed by atoms with Gasteiger partial charge in [-0.3, -0.25) is 4.79 Å². The molecule has 1 aromatic carbocycles. The number of carbonyl (C=O) groups is 1. The molecular weight excluding hydrogens is 526 g/mol.